The van der Waals surface area contributed by atoms with Crippen LogP contribution >= 0.6 is 15.9 Å². The van der Waals surface area contributed by atoms with E-state index in [1.54, 1.807) is 6.08 Å². The molecule has 1 nitrogen and oxygen atoms in total. The third-order valence-electron chi connectivity index (χ3n) is 2.70. The molecule has 0 spiro atoms. The Morgan fingerprint density at radius 1 is 1.07 bits per heavy atom. The van der Waals surface area contributed by atoms with Gasteiger partial charge in [-0.05, 0) is 38.7 Å². The summed E-state index contributed by atoms with van der Waals surface area (Å²) in [6, 6.07) is 8.04. The fraction of sp³-hybridized carbons (Fsp3) is 0. The highest BCUT2D eigenvalue weighted by molar-refractivity contribution is 9.15. The molecule has 0 radical (unpaired) electrons. The van der Waals surface area contributed by atoms with Gasteiger partial charge in [0.05, 0.1) is 0 Å². The van der Waals surface area contributed by atoms with Crippen LogP contribution in [0.5, 0.6) is 0 Å². The van der Waals surface area contributed by atoms with Crippen LogP contribution in [0.15, 0.2) is 48.1 Å². The SMILES string of the molecule is O=C1C=CC=C2C1=C(Br)c1ccccc12. The van der Waals surface area contributed by atoms with Crippen molar-refractivity contribution >= 4 is 31.8 Å². The number of fused-ring (bicyclic) bond motifs is 3. The predicted octanol–water partition coefficient (Wildman–Crippen LogP) is 3.33. The smallest absolute Gasteiger partial charge is 0.187 e. The van der Waals surface area contributed by atoms with Gasteiger partial charge in [0.1, 0.15) is 0 Å². The minimum Gasteiger partial charge on any atom is -0.289 e. The second kappa shape index (κ2) is 3.04. The summed E-state index contributed by atoms with van der Waals surface area (Å²) >= 11 is 3.50. The number of rotatable bonds is 0. The number of benzene rings is 1. The molecule has 0 amide bonds. The van der Waals surface area contributed by atoms with Crippen LogP contribution in [0, 0.1) is 0 Å². The maximum absolute atomic E-state index is 11.7. The van der Waals surface area contributed by atoms with Crippen LogP contribution in [0.1, 0.15) is 11.1 Å². The maximum atomic E-state index is 11.7. The van der Waals surface area contributed by atoms with Gasteiger partial charge in [-0.15, -0.1) is 0 Å². The van der Waals surface area contributed by atoms with Gasteiger partial charge >= 0.3 is 0 Å². The molecule has 2 aliphatic rings. The first kappa shape index (κ1) is 8.86. The van der Waals surface area contributed by atoms with E-state index >= 15 is 0 Å². The third-order valence-corrected chi connectivity index (χ3v) is 3.52. The Hall–Kier alpha value is -1.41. The van der Waals surface area contributed by atoms with E-state index in [-0.39, 0.29) is 5.78 Å². The van der Waals surface area contributed by atoms with Crippen molar-refractivity contribution in [2.75, 3.05) is 0 Å². The molecule has 3 rings (SSSR count). The number of hydrogen-bond donors (Lipinski definition) is 0. The van der Waals surface area contributed by atoms with Crippen molar-refractivity contribution in [2.24, 2.45) is 0 Å². The molecule has 0 unspecified atom stereocenters. The maximum Gasteiger partial charge on any atom is 0.187 e. The molecule has 0 atom stereocenters. The van der Waals surface area contributed by atoms with E-state index in [1.807, 2.05) is 36.4 Å². The Bertz CT molecular complexity index is 562. The molecule has 0 N–H and O–H groups in total. The second-order valence-electron chi connectivity index (χ2n) is 3.54. The van der Waals surface area contributed by atoms with Gasteiger partial charge in [0, 0.05) is 10.1 Å². The number of carbonyl (C=O) groups excluding carboxylic acids is 1. The largest absolute Gasteiger partial charge is 0.289 e. The monoisotopic (exact) mass is 258 g/mol. The minimum absolute atomic E-state index is 0.0792. The highest BCUT2D eigenvalue weighted by Gasteiger charge is 2.28. The highest BCUT2D eigenvalue weighted by Crippen LogP contribution is 2.45. The van der Waals surface area contributed by atoms with E-state index in [9.17, 15) is 4.79 Å². The third kappa shape index (κ3) is 1.11. The lowest BCUT2D eigenvalue weighted by molar-refractivity contribution is -0.110. The van der Waals surface area contributed by atoms with Crippen molar-refractivity contribution < 1.29 is 4.79 Å². The van der Waals surface area contributed by atoms with Crippen LogP contribution in [0.2, 0.25) is 0 Å². The molecule has 1 aromatic carbocycles. The lowest BCUT2D eigenvalue weighted by Gasteiger charge is -2.06. The number of hydrogen-bond acceptors (Lipinski definition) is 1. The summed E-state index contributed by atoms with van der Waals surface area (Å²) in [5.74, 6) is 0.0792. The summed E-state index contributed by atoms with van der Waals surface area (Å²) in [5, 5.41) is 0. The van der Waals surface area contributed by atoms with Crippen molar-refractivity contribution in [3.63, 3.8) is 0 Å². The van der Waals surface area contributed by atoms with Crippen LogP contribution in [-0.2, 0) is 4.79 Å². The zero-order valence-corrected chi connectivity index (χ0v) is 9.41. The Labute approximate surface area is 95.9 Å². The molecule has 2 heteroatoms. The molecule has 0 saturated carbocycles. The van der Waals surface area contributed by atoms with Gasteiger partial charge in [0.2, 0.25) is 0 Å². The Kier molecular flexibility index (Phi) is 1.80. The van der Waals surface area contributed by atoms with Gasteiger partial charge in [0.25, 0.3) is 0 Å². The molecular formula is C13H7BrO. The average Bonchev–Trinajstić information content (AvgIpc) is 2.55. The van der Waals surface area contributed by atoms with Crippen molar-refractivity contribution in [3.05, 3.63) is 59.2 Å². The number of carbonyl (C=O) groups is 1. The van der Waals surface area contributed by atoms with Gasteiger partial charge < -0.3 is 0 Å². The van der Waals surface area contributed by atoms with Crippen molar-refractivity contribution in [3.8, 4) is 0 Å². The average molecular weight is 259 g/mol. The molecule has 72 valence electrons. The number of ketones is 1. The van der Waals surface area contributed by atoms with Crippen LogP contribution < -0.4 is 0 Å². The van der Waals surface area contributed by atoms with Gasteiger partial charge in [-0.2, -0.15) is 0 Å². The van der Waals surface area contributed by atoms with E-state index in [4.69, 9.17) is 0 Å². The predicted molar refractivity (Wildman–Crippen MR) is 64.4 cm³/mol. The molecule has 0 aromatic heterocycles. The lowest BCUT2D eigenvalue weighted by Crippen LogP contribution is -2.01. The summed E-state index contributed by atoms with van der Waals surface area (Å²) < 4.78 is 0.915. The van der Waals surface area contributed by atoms with Crippen molar-refractivity contribution in [2.45, 2.75) is 0 Å². The first-order valence-corrected chi connectivity index (χ1v) is 5.51. The molecule has 15 heavy (non-hydrogen) atoms. The van der Waals surface area contributed by atoms with Crippen LogP contribution in [0.3, 0.4) is 0 Å². The first-order valence-electron chi connectivity index (χ1n) is 4.71. The summed E-state index contributed by atoms with van der Waals surface area (Å²) in [6.07, 6.45) is 5.40. The van der Waals surface area contributed by atoms with E-state index in [2.05, 4.69) is 15.9 Å². The van der Waals surface area contributed by atoms with E-state index in [0.29, 0.717) is 0 Å². The quantitative estimate of drug-likeness (QED) is 0.698. The molecule has 0 heterocycles. The molecule has 2 aliphatic carbocycles. The Balaban J connectivity index is 2.36. The topological polar surface area (TPSA) is 17.1 Å². The molecule has 0 fully saturated rings. The van der Waals surface area contributed by atoms with Crippen LogP contribution in [0.4, 0.5) is 0 Å². The van der Waals surface area contributed by atoms with Gasteiger partial charge in [-0.1, -0.05) is 36.4 Å². The molecule has 0 saturated heterocycles. The molecule has 0 bridgehead atoms. The van der Waals surface area contributed by atoms with Gasteiger partial charge in [-0.3, -0.25) is 4.79 Å². The van der Waals surface area contributed by atoms with E-state index < -0.39 is 0 Å². The minimum atomic E-state index is 0.0792. The molecular weight excluding hydrogens is 252 g/mol. The molecule has 1 aromatic rings. The standard InChI is InChI=1S/C13H7BrO/c14-13-10-5-2-1-4-8(10)9-6-3-7-11(15)12(9)13/h1-7H. The fourth-order valence-corrected chi connectivity index (χ4v) is 2.78. The highest BCUT2D eigenvalue weighted by atomic mass is 79.9. The summed E-state index contributed by atoms with van der Waals surface area (Å²) in [4.78, 5) is 11.7. The second-order valence-corrected chi connectivity index (χ2v) is 4.33. The van der Waals surface area contributed by atoms with Crippen molar-refractivity contribution in [1.82, 2.24) is 0 Å². The van der Waals surface area contributed by atoms with Gasteiger partial charge in [0.15, 0.2) is 5.78 Å². The van der Waals surface area contributed by atoms with Gasteiger partial charge in [-0.25, -0.2) is 0 Å². The fourth-order valence-electron chi connectivity index (χ4n) is 2.03. The Morgan fingerprint density at radius 3 is 2.60 bits per heavy atom. The summed E-state index contributed by atoms with van der Waals surface area (Å²) in [5.41, 5.74) is 4.07. The normalized spacial score (nSPS) is 17.7. The van der Waals surface area contributed by atoms with E-state index in [1.165, 1.54) is 0 Å². The van der Waals surface area contributed by atoms with Crippen molar-refractivity contribution in [1.29, 1.82) is 0 Å². The Morgan fingerprint density at radius 2 is 1.80 bits per heavy atom. The number of halogens is 1. The van der Waals surface area contributed by atoms with Crippen LogP contribution in [0.25, 0.3) is 10.1 Å². The summed E-state index contributed by atoms with van der Waals surface area (Å²) in [7, 11) is 0. The van der Waals surface area contributed by atoms with E-state index in [0.717, 1.165) is 26.8 Å². The zero-order valence-electron chi connectivity index (χ0n) is 7.83. The lowest BCUT2D eigenvalue weighted by atomic mass is 9.96. The van der Waals surface area contributed by atoms with Crippen LogP contribution in [-0.4, -0.2) is 5.78 Å². The first-order chi connectivity index (χ1) is 7.29. The number of allylic oxidation sites excluding steroid dienone is 5. The zero-order chi connectivity index (χ0) is 10.4. The molecule has 0 aliphatic heterocycles. The summed E-state index contributed by atoms with van der Waals surface area (Å²) in [6.45, 7) is 0.